The smallest absolute Gasteiger partial charge is 0.115 e. The van der Waals surface area contributed by atoms with Gasteiger partial charge in [-0.2, -0.15) is 5.10 Å². The second-order valence-corrected chi connectivity index (χ2v) is 4.62. The van der Waals surface area contributed by atoms with Gasteiger partial charge in [0.05, 0.1) is 0 Å². The Kier molecular flexibility index (Phi) is 4.72. The van der Waals surface area contributed by atoms with E-state index < -0.39 is 6.67 Å². The van der Waals surface area contributed by atoms with Gasteiger partial charge in [-0.25, -0.2) is 4.39 Å². The Labute approximate surface area is 123 Å². The maximum Gasteiger partial charge on any atom is 0.115 e. The molecule has 0 bridgehead atoms. The third kappa shape index (κ3) is 3.28. The highest BCUT2D eigenvalue weighted by molar-refractivity contribution is 5.84. The summed E-state index contributed by atoms with van der Waals surface area (Å²) >= 11 is 0. The summed E-state index contributed by atoms with van der Waals surface area (Å²) < 4.78 is 14.6. The summed E-state index contributed by atoms with van der Waals surface area (Å²) in [4.78, 5) is 0. The standard InChI is InChI=1S/C17H18FN3/c1-3-5-14(8-9-19)16-12-21(2)20-17(16)15-7-4-6-13(10-15)11-18/h3-10,12H,1,11,19H2,2H3/b9-8-,14-5+. The van der Waals surface area contributed by atoms with E-state index in [4.69, 9.17) is 5.73 Å². The van der Waals surface area contributed by atoms with Crippen LogP contribution in [0.2, 0.25) is 0 Å². The third-order valence-corrected chi connectivity index (χ3v) is 3.07. The topological polar surface area (TPSA) is 43.8 Å². The maximum atomic E-state index is 12.8. The number of benzene rings is 1. The minimum atomic E-state index is -0.492. The van der Waals surface area contributed by atoms with E-state index >= 15 is 0 Å². The largest absolute Gasteiger partial charge is 0.405 e. The van der Waals surface area contributed by atoms with Crippen LogP contribution >= 0.6 is 0 Å². The lowest BCUT2D eigenvalue weighted by Crippen LogP contribution is -1.89. The quantitative estimate of drug-likeness (QED) is 0.852. The Hall–Kier alpha value is -2.62. The molecule has 0 fully saturated rings. The van der Waals surface area contributed by atoms with Crippen molar-refractivity contribution in [1.29, 1.82) is 0 Å². The van der Waals surface area contributed by atoms with E-state index in [-0.39, 0.29) is 0 Å². The molecule has 4 heteroatoms. The van der Waals surface area contributed by atoms with Gasteiger partial charge in [0.1, 0.15) is 12.4 Å². The SMILES string of the molecule is C=C/C=C(\C=C/N)c1cn(C)nc1-c1cccc(CF)c1. The first-order valence-electron chi connectivity index (χ1n) is 6.60. The van der Waals surface area contributed by atoms with Gasteiger partial charge >= 0.3 is 0 Å². The maximum absolute atomic E-state index is 12.8. The van der Waals surface area contributed by atoms with Crippen molar-refractivity contribution < 1.29 is 4.39 Å². The molecule has 0 saturated carbocycles. The van der Waals surface area contributed by atoms with E-state index in [0.717, 1.165) is 22.4 Å². The van der Waals surface area contributed by atoms with Crippen LogP contribution in [0.1, 0.15) is 11.1 Å². The van der Waals surface area contributed by atoms with Crippen molar-refractivity contribution in [2.75, 3.05) is 0 Å². The Morgan fingerprint density at radius 3 is 2.95 bits per heavy atom. The summed E-state index contributed by atoms with van der Waals surface area (Å²) in [5, 5.41) is 4.49. The van der Waals surface area contributed by atoms with Crippen LogP contribution in [-0.4, -0.2) is 9.78 Å². The van der Waals surface area contributed by atoms with Crippen LogP contribution < -0.4 is 5.73 Å². The molecule has 2 aromatic rings. The number of halogens is 1. The molecule has 108 valence electrons. The molecular weight excluding hydrogens is 265 g/mol. The van der Waals surface area contributed by atoms with Gasteiger partial charge < -0.3 is 5.73 Å². The molecule has 0 aliphatic rings. The van der Waals surface area contributed by atoms with Crippen LogP contribution in [-0.2, 0) is 13.7 Å². The molecule has 0 amide bonds. The number of nitrogens with two attached hydrogens (primary N) is 1. The van der Waals surface area contributed by atoms with Crippen LogP contribution in [0.4, 0.5) is 4.39 Å². The summed E-state index contributed by atoms with van der Waals surface area (Å²) in [7, 11) is 1.85. The molecule has 1 aromatic carbocycles. The molecule has 21 heavy (non-hydrogen) atoms. The van der Waals surface area contributed by atoms with E-state index in [1.807, 2.05) is 37.5 Å². The van der Waals surface area contributed by atoms with Crippen LogP contribution in [0, 0.1) is 0 Å². The minimum Gasteiger partial charge on any atom is -0.405 e. The summed E-state index contributed by atoms with van der Waals surface area (Å²) in [5.41, 5.74) is 9.63. The van der Waals surface area contributed by atoms with Gasteiger partial charge in [0, 0.05) is 24.4 Å². The first-order valence-corrected chi connectivity index (χ1v) is 6.60. The summed E-state index contributed by atoms with van der Waals surface area (Å²) in [6.45, 7) is 3.22. The average molecular weight is 283 g/mol. The van der Waals surface area contributed by atoms with Crippen molar-refractivity contribution in [3.63, 3.8) is 0 Å². The zero-order valence-electron chi connectivity index (χ0n) is 12.0. The molecule has 0 aliphatic heterocycles. The van der Waals surface area contributed by atoms with Gasteiger partial charge in [0.25, 0.3) is 0 Å². The highest BCUT2D eigenvalue weighted by Gasteiger charge is 2.12. The van der Waals surface area contributed by atoms with Gasteiger partial charge in [-0.15, -0.1) is 0 Å². The molecule has 1 aromatic heterocycles. The number of nitrogens with zero attached hydrogens (tertiary/aromatic N) is 2. The van der Waals surface area contributed by atoms with Crippen LogP contribution in [0.5, 0.6) is 0 Å². The lowest BCUT2D eigenvalue weighted by atomic mass is 10.00. The fourth-order valence-electron chi connectivity index (χ4n) is 2.18. The summed E-state index contributed by atoms with van der Waals surface area (Å²) in [6, 6.07) is 7.32. The fourth-order valence-corrected chi connectivity index (χ4v) is 2.18. The predicted octanol–water partition coefficient (Wildman–Crippen LogP) is 3.60. The predicted molar refractivity (Wildman–Crippen MR) is 85.0 cm³/mol. The van der Waals surface area contributed by atoms with E-state index in [2.05, 4.69) is 11.7 Å². The minimum absolute atomic E-state index is 0.492. The van der Waals surface area contributed by atoms with E-state index in [1.165, 1.54) is 6.20 Å². The van der Waals surface area contributed by atoms with Gasteiger partial charge in [-0.05, 0) is 29.5 Å². The van der Waals surface area contributed by atoms with Crippen LogP contribution in [0.3, 0.4) is 0 Å². The van der Waals surface area contributed by atoms with E-state index in [9.17, 15) is 4.39 Å². The van der Waals surface area contributed by atoms with Gasteiger partial charge in [0.15, 0.2) is 0 Å². The fraction of sp³-hybridized carbons (Fsp3) is 0.118. The van der Waals surface area contributed by atoms with Crippen molar-refractivity contribution in [2.24, 2.45) is 12.8 Å². The normalized spacial score (nSPS) is 12.0. The monoisotopic (exact) mass is 283 g/mol. The zero-order chi connectivity index (χ0) is 15.2. The number of allylic oxidation sites excluding steroid dienone is 4. The molecule has 2 rings (SSSR count). The van der Waals surface area contributed by atoms with Gasteiger partial charge in [-0.1, -0.05) is 36.9 Å². The molecule has 2 N–H and O–H groups in total. The Morgan fingerprint density at radius 2 is 2.29 bits per heavy atom. The van der Waals surface area contributed by atoms with Crippen molar-refractivity contribution in [3.8, 4) is 11.3 Å². The number of alkyl halides is 1. The summed E-state index contributed by atoms with van der Waals surface area (Å²) in [6.07, 6.45) is 8.74. The second kappa shape index (κ2) is 6.70. The third-order valence-electron chi connectivity index (χ3n) is 3.07. The number of aryl methyl sites for hydroxylation is 1. The van der Waals surface area contributed by atoms with E-state index in [0.29, 0.717) is 5.56 Å². The Balaban J connectivity index is 2.59. The number of rotatable bonds is 5. The number of aromatic nitrogens is 2. The highest BCUT2D eigenvalue weighted by Crippen LogP contribution is 2.29. The number of hydrogen-bond donors (Lipinski definition) is 1. The van der Waals surface area contributed by atoms with Crippen molar-refractivity contribution in [2.45, 2.75) is 6.67 Å². The average Bonchev–Trinajstić information content (AvgIpc) is 2.89. The van der Waals surface area contributed by atoms with Crippen molar-refractivity contribution in [1.82, 2.24) is 9.78 Å². The van der Waals surface area contributed by atoms with Crippen LogP contribution in [0.25, 0.3) is 16.8 Å². The molecule has 0 spiro atoms. The highest BCUT2D eigenvalue weighted by atomic mass is 19.1. The molecular formula is C17H18FN3. The first kappa shape index (κ1) is 14.8. The molecule has 1 heterocycles. The molecule has 0 saturated heterocycles. The molecule has 0 radical (unpaired) electrons. The molecule has 0 aliphatic carbocycles. The first-order chi connectivity index (χ1) is 10.2. The van der Waals surface area contributed by atoms with Gasteiger partial charge in [-0.3, -0.25) is 4.68 Å². The lowest BCUT2D eigenvalue weighted by molar-refractivity contribution is 0.485. The van der Waals surface area contributed by atoms with Gasteiger partial charge in [0.2, 0.25) is 0 Å². The zero-order valence-corrected chi connectivity index (χ0v) is 12.0. The Bertz CT molecular complexity index is 696. The number of hydrogen-bond acceptors (Lipinski definition) is 2. The molecule has 0 unspecified atom stereocenters. The van der Waals surface area contributed by atoms with Crippen molar-refractivity contribution in [3.05, 3.63) is 72.6 Å². The van der Waals surface area contributed by atoms with Crippen molar-refractivity contribution >= 4 is 5.57 Å². The summed E-state index contributed by atoms with van der Waals surface area (Å²) in [5.74, 6) is 0. The second-order valence-electron chi connectivity index (χ2n) is 4.62. The van der Waals surface area contributed by atoms with Crippen LogP contribution in [0.15, 0.2) is 61.5 Å². The Morgan fingerprint density at radius 1 is 1.48 bits per heavy atom. The molecule has 0 atom stereocenters. The lowest BCUT2D eigenvalue weighted by Gasteiger charge is -2.04. The van der Waals surface area contributed by atoms with E-state index in [1.54, 1.807) is 22.9 Å². The molecule has 3 nitrogen and oxygen atoms in total.